The maximum absolute atomic E-state index is 12.3. The van der Waals surface area contributed by atoms with E-state index in [9.17, 15) is 9.59 Å². The quantitative estimate of drug-likeness (QED) is 0.693. The van der Waals surface area contributed by atoms with Crippen LogP contribution in [0, 0.1) is 13.8 Å². The van der Waals surface area contributed by atoms with Crippen molar-refractivity contribution in [2.24, 2.45) is 7.05 Å². The molecule has 1 aromatic heterocycles. The minimum atomic E-state index is -0.637. The van der Waals surface area contributed by atoms with E-state index in [2.05, 4.69) is 10.4 Å². The van der Waals surface area contributed by atoms with Gasteiger partial charge < -0.3 is 5.32 Å². The highest BCUT2D eigenvalue weighted by atomic mass is 16.2. The monoisotopic (exact) mass is 285 g/mol. The molecule has 2 rings (SSSR count). The first-order valence-corrected chi connectivity index (χ1v) is 6.88. The third-order valence-electron chi connectivity index (χ3n) is 3.54. The van der Waals surface area contributed by atoms with Crippen molar-refractivity contribution in [2.75, 3.05) is 5.32 Å². The molecule has 1 N–H and O–H groups in total. The van der Waals surface area contributed by atoms with E-state index in [0.29, 0.717) is 22.6 Å². The summed E-state index contributed by atoms with van der Waals surface area (Å²) in [5.41, 5.74) is 3.37. The summed E-state index contributed by atoms with van der Waals surface area (Å²) < 4.78 is 1.60. The van der Waals surface area contributed by atoms with Gasteiger partial charge in [-0.15, -0.1) is 0 Å². The van der Waals surface area contributed by atoms with E-state index >= 15 is 0 Å². The number of nitrogens with zero attached hydrogens (tertiary/aromatic N) is 2. The predicted octanol–water partition coefficient (Wildman–Crippen LogP) is 2.42. The first kappa shape index (κ1) is 15.0. The largest absolute Gasteiger partial charge is 0.319 e. The Morgan fingerprint density at radius 3 is 2.57 bits per heavy atom. The summed E-state index contributed by atoms with van der Waals surface area (Å²) in [5, 5.41) is 6.82. The minimum Gasteiger partial charge on any atom is -0.319 e. The Morgan fingerprint density at radius 2 is 2.00 bits per heavy atom. The second-order valence-electron chi connectivity index (χ2n) is 5.01. The fourth-order valence-corrected chi connectivity index (χ4v) is 2.27. The first-order chi connectivity index (χ1) is 9.93. The molecule has 0 atom stereocenters. The summed E-state index contributed by atoms with van der Waals surface area (Å²) in [7, 11) is 1.75. The van der Waals surface area contributed by atoms with Crippen LogP contribution in [0.15, 0.2) is 24.3 Å². The molecule has 0 fully saturated rings. The fourth-order valence-electron chi connectivity index (χ4n) is 2.27. The highest BCUT2D eigenvalue weighted by Gasteiger charge is 2.23. The topological polar surface area (TPSA) is 64.0 Å². The summed E-state index contributed by atoms with van der Waals surface area (Å²) in [5.74, 6) is -1.19. The second kappa shape index (κ2) is 5.91. The third kappa shape index (κ3) is 3.02. The number of rotatable bonds is 4. The summed E-state index contributed by atoms with van der Waals surface area (Å²) in [6, 6.07) is 7.48. The van der Waals surface area contributed by atoms with E-state index in [4.69, 9.17) is 0 Å². The standard InChI is InChI=1S/C16H19N3O2/c1-5-12-7-6-8-13(9-12)17-16(21)15(20)14-10(2)18-19(4)11(14)3/h6-9H,5H2,1-4H3,(H,17,21). The number of amides is 1. The van der Waals surface area contributed by atoms with Gasteiger partial charge in [0.25, 0.3) is 11.7 Å². The Bertz CT molecular complexity index is 702. The zero-order valence-corrected chi connectivity index (χ0v) is 12.7. The molecule has 0 aliphatic heterocycles. The molecular weight excluding hydrogens is 266 g/mol. The highest BCUT2D eigenvalue weighted by molar-refractivity contribution is 6.47. The number of aromatic nitrogens is 2. The number of carbonyl (C=O) groups excluding carboxylic acids is 2. The molecule has 0 unspecified atom stereocenters. The Morgan fingerprint density at radius 1 is 1.29 bits per heavy atom. The van der Waals surface area contributed by atoms with Gasteiger partial charge in [0.2, 0.25) is 0 Å². The molecule has 5 nitrogen and oxygen atoms in total. The lowest BCUT2D eigenvalue weighted by atomic mass is 10.1. The van der Waals surface area contributed by atoms with Crippen LogP contribution in [0.1, 0.15) is 34.2 Å². The maximum Gasteiger partial charge on any atom is 0.296 e. The van der Waals surface area contributed by atoms with Gasteiger partial charge in [-0.1, -0.05) is 19.1 Å². The normalized spacial score (nSPS) is 10.5. The van der Waals surface area contributed by atoms with Gasteiger partial charge in [-0.2, -0.15) is 5.10 Å². The first-order valence-electron chi connectivity index (χ1n) is 6.88. The molecule has 110 valence electrons. The number of hydrogen-bond donors (Lipinski definition) is 1. The lowest BCUT2D eigenvalue weighted by Crippen LogP contribution is -2.24. The van der Waals surface area contributed by atoms with Gasteiger partial charge in [0.15, 0.2) is 0 Å². The number of aryl methyl sites for hydroxylation is 3. The molecule has 0 radical (unpaired) electrons. The van der Waals surface area contributed by atoms with E-state index in [0.717, 1.165) is 12.0 Å². The zero-order valence-electron chi connectivity index (χ0n) is 12.7. The van der Waals surface area contributed by atoms with E-state index in [1.54, 1.807) is 31.6 Å². The molecule has 1 amide bonds. The van der Waals surface area contributed by atoms with Crippen LogP contribution in [0.25, 0.3) is 0 Å². The molecule has 21 heavy (non-hydrogen) atoms. The van der Waals surface area contributed by atoms with E-state index < -0.39 is 11.7 Å². The maximum atomic E-state index is 12.3. The van der Waals surface area contributed by atoms with Gasteiger partial charge in [-0.3, -0.25) is 14.3 Å². The molecule has 0 spiro atoms. The lowest BCUT2D eigenvalue weighted by molar-refractivity contribution is -0.112. The summed E-state index contributed by atoms with van der Waals surface area (Å²) >= 11 is 0. The molecule has 0 saturated heterocycles. The number of nitrogens with one attached hydrogen (secondary N) is 1. The third-order valence-corrected chi connectivity index (χ3v) is 3.54. The van der Waals surface area contributed by atoms with E-state index in [-0.39, 0.29) is 0 Å². The number of benzene rings is 1. The van der Waals surface area contributed by atoms with Gasteiger partial charge in [0, 0.05) is 18.4 Å². The van der Waals surface area contributed by atoms with Gasteiger partial charge in [0.05, 0.1) is 11.3 Å². The smallest absolute Gasteiger partial charge is 0.296 e. The average molecular weight is 285 g/mol. The number of ketones is 1. The fraction of sp³-hybridized carbons (Fsp3) is 0.312. The van der Waals surface area contributed by atoms with Gasteiger partial charge in [-0.25, -0.2) is 0 Å². The summed E-state index contributed by atoms with van der Waals surface area (Å²) in [4.78, 5) is 24.4. The van der Waals surface area contributed by atoms with Crippen molar-refractivity contribution in [2.45, 2.75) is 27.2 Å². The van der Waals surface area contributed by atoms with Gasteiger partial charge >= 0.3 is 0 Å². The van der Waals surface area contributed by atoms with Crippen LogP contribution in [-0.4, -0.2) is 21.5 Å². The van der Waals surface area contributed by atoms with E-state index in [1.165, 1.54) is 0 Å². The number of hydrogen-bond acceptors (Lipinski definition) is 3. The van der Waals surface area contributed by atoms with Crippen molar-refractivity contribution in [1.82, 2.24) is 9.78 Å². The van der Waals surface area contributed by atoms with Gasteiger partial charge in [-0.05, 0) is 38.0 Å². The molecule has 0 saturated carbocycles. The SMILES string of the molecule is CCc1cccc(NC(=O)C(=O)c2c(C)nn(C)c2C)c1. The van der Waals surface area contributed by atoms with Gasteiger partial charge in [0.1, 0.15) is 0 Å². The molecule has 2 aromatic rings. The summed E-state index contributed by atoms with van der Waals surface area (Å²) in [6.07, 6.45) is 0.873. The van der Waals surface area contributed by atoms with Crippen LogP contribution in [0.2, 0.25) is 0 Å². The van der Waals surface area contributed by atoms with Crippen molar-refractivity contribution >= 4 is 17.4 Å². The molecule has 1 heterocycles. The van der Waals surface area contributed by atoms with Crippen LogP contribution in [-0.2, 0) is 18.3 Å². The van der Waals surface area contributed by atoms with Crippen molar-refractivity contribution in [1.29, 1.82) is 0 Å². The van der Waals surface area contributed by atoms with Crippen molar-refractivity contribution < 1.29 is 9.59 Å². The zero-order chi connectivity index (χ0) is 15.6. The molecular formula is C16H19N3O2. The van der Waals surface area contributed by atoms with E-state index in [1.807, 2.05) is 25.1 Å². The van der Waals surface area contributed by atoms with Crippen LogP contribution < -0.4 is 5.32 Å². The van der Waals surface area contributed by atoms with Crippen LogP contribution in [0.3, 0.4) is 0 Å². The van der Waals surface area contributed by atoms with Crippen LogP contribution in [0.4, 0.5) is 5.69 Å². The average Bonchev–Trinajstić information content (AvgIpc) is 2.71. The van der Waals surface area contributed by atoms with Crippen molar-refractivity contribution in [3.05, 3.63) is 46.8 Å². The predicted molar refractivity (Wildman–Crippen MR) is 81.5 cm³/mol. The van der Waals surface area contributed by atoms with Crippen molar-refractivity contribution in [3.63, 3.8) is 0 Å². The highest BCUT2D eigenvalue weighted by Crippen LogP contribution is 2.15. The van der Waals surface area contributed by atoms with Crippen LogP contribution >= 0.6 is 0 Å². The number of Topliss-reactive ketones (excluding diaryl/α,β-unsaturated/α-hetero) is 1. The number of anilines is 1. The van der Waals surface area contributed by atoms with Crippen LogP contribution in [0.5, 0.6) is 0 Å². The Balaban J connectivity index is 2.21. The Labute approximate surface area is 124 Å². The Hall–Kier alpha value is -2.43. The molecule has 0 bridgehead atoms. The second-order valence-corrected chi connectivity index (χ2v) is 5.01. The minimum absolute atomic E-state index is 0.377. The molecule has 5 heteroatoms. The molecule has 0 aliphatic carbocycles. The Kier molecular flexibility index (Phi) is 4.21. The molecule has 0 aliphatic rings. The molecule has 1 aromatic carbocycles. The summed E-state index contributed by atoms with van der Waals surface area (Å²) in [6.45, 7) is 5.54. The lowest BCUT2D eigenvalue weighted by Gasteiger charge is -2.06. The number of carbonyl (C=O) groups is 2. The van der Waals surface area contributed by atoms with Crippen molar-refractivity contribution in [3.8, 4) is 0 Å².